The van der Waals surface area contributed by atoms with Gasteiger partial charge in [0, 0.05) is 18.3 Å². The molecule has 22 heavy (non-hydrogen) atoms. The summed E-state index contributed by atoms with van der Waals surface area (Å²) in [7, 11) is 0. The average molecular weight is 299 g/mol. The van der Waals surface area contributed by atoms with E-state index in [0.717, 1.165) is 17.7 Å². The monoisotopic (exact) mass is 299 g/mol. The summed E-state index contributed by atoms with van der Waals surface area (Å²) in [6.07, 6.45) is 4.91. The molecule has 1 unspecified atom stereocenters. The molecule has 1 aliphatic heterocycles. The van der Waals surface area contributed by atoms with Crippen molar-refractivity contribution in [2.45, 2.75) is 25.8 Å². The number of carbonyl (C=O) groups excluding carboxylic acids is 1. The SMILES string of the molecule is Cc1cnn(-c2ccc(C(=O)N3CCCC3C(=O)O)cc2)c1. The molecule has 0 bridgehead atoms. The van der Waals surface area contributed by atoms with Crippen LogP contribution in [0.1, 0.15) is 28.8 Å². The molecule has 0 saturated carbocycles. The number of hydrogen-bond acceptors (Lipinski definition) is 3. The van der Waals surface area contributed by atoms with Crippen LogP contribution < -0.4 is 0 Å². The highest BCUT2D eigenvalue weighted by atomic mass is 16.4. The van der Waals surface area contributed by atoms with Crippen LogP contribution in [0.5, 0.6) is 0 Å². The van der Waals surface area contributed by atoms with Gasteiger partial charge in [-0.15, -0.1) is 0 Å². The quantitative estimate of drug-likeness (QED) is 0.938. The number of aryl methyl sites for hydroxylation is 1. The van der Waals surface area contributed by atoms with Gasteiger partial charge in [-0.3, -0.25) is 4.79 Å². The number of rotatable bonds is 3. The van der Waals surface area contributed by atoms with Crippen LogP contribution in [0.3, 0.4) is 0 Å². The van der Waals surface area contributed by atoms with Gasteiger partial charge < -0.3 is 10.0 Å². The van der Waals surface area contributed by atoms with E-state index in [1.165, 1.54) is 4.90 Å². The molecule has 6 heteroatoms. The average Bonchev–Trinajstić information content (AvgIpc) is 3.15. The summed E-state index contributed by atoms with van der Waals surface area (Å²) in [6, 6.07) is 6.34. The number of aromatic nitrogens is 2. The first-order valence-corrected chi connectivity index (χ1v) is 7.22. The fourth-order valence-electron chi connectivity index (χ4n) is 2.74. The number of carboxylic acid groups (broad SMARTS) is 1. The molecule has 0 aliphatic carbocycles. The molecule has 1 aliphatic rings. The van der Waals surface area contributed by atoms with E-state index in [1.807, 2.05) is 25.3 Å². The summed E-state index contributed by atoms with van der Waals surface area (Å²) in [5.41, 5.74) is 2.42. The minimum Gasteiger partial charge on any atom is -0.480 e. The Morgan fingerprint density at radius 3 is 2.59 bits per heavy atom. The van der Waals surface area contributed by atoms with Gasteiger partial charge in [0.15, 0.2) is 0 Å². The number of carbonyl (C=O) groups is 2. The van der Waals surface area contributed by atoms with Gasteiger partial charge in [0.1, 0.15) is 6.04 Å². The molecular weight excluding hydrogens is 282 g/mol. The fraction of sp³-hybridized carbons (Fsp3) is 0.312. The third-order valence-electron chi connectivity index (χ3n) is 3.89. The number of amides is 1. The van der Waals surface area contributed by atoms with Crippen LogP contribution in [0.15, 0.2) is 36.7 Å². The Kier molecular flexibility index (Phi) is 3.66. The Balaban J connectivity index is 1.80. The number of likely N-dealkylation sites (tertiary alicyclic amines) is 1. The summed E-state index contributed by atoms with van der Waals surface area (Å²) in [5, 5.41) is 13.4. The van der Waals surface area contributed by atoms with Crippen LogP contribution in [0, 0.1) is 6.92 Å². The Morgan fingerprint density at radius 1 is 1.27 bits per heavy atom. The van der Waals surface area contributed by atoms with Crippen molar-refractivity contribution in [1.29, 1.82) is 0 Å². The Bertz CT molecular complexity index is 706. The smallest absolute Gasteiger partial charge is 0.326 e. The largest absolute Gasteiger partial charge is 0.480 e. The van der Waals surface area contributed by atoms with Gasteiger partial charge in [-0.25, -0.2) is 9.48 Å². The highest BCUT2D eigenvalue weighted by Crippen LogP contribution is 2.21. The topological polar surface area (TPSA) is 75.4 Å². The molecular formula is C16H17N3O3. The molecule has 0 radical (unpaired) electrons. The van der Waals surface area contributed by atoms with Crippen molar-refractivity contribution < 1.29 is 14.7 Å². The lowest BCUT2D eigenvalue weighted by molar-refractivity contribution is -0.141. The van der Waals surface area contributed by atoms with Crippen LogP contribution in [-0.2, 0) is 4.79 Å². The molecule has 3 rings (SSSR count). The van der Waals surface area contributed by atoms with Crippen molar-refractivity contribution in [2.75, 3.05) is 6.54 Å². The van der Waals surface area contributed by atoms with Crippen LogP contribution in [0.2, 0.25) is 0 Å². The van der Waals surface area contributed by atoms with Crippen LogP contribution >= 0.6 is 0 Å². The highest BCUT2D eigenvalue weighted by Gasteiger charge is 2.34. The standard InChI is InChI=1S/C16H17N3O3/c1-11-9-17-19(10-11)13-6-4-12(5-7-13)15(20)18-8-2-3-14(18)16(21)22/h4-7,9-10,14H,2-3,8H2,1H3,(H,21,22). The molecule has 2 heterocycles. The van der Waals surface area contributed by atoms with Gasteiger partial charge in [-0.1, -0.05) is 0 Å². The van der Waals surface area contributed by atoms with Gasteiger partial charge in [-0.05, 0) is 49.6 Å². The van der Waals surface area contributed by atoms with E-state index in [2.05, 4.69) is 5.10 Å². The molecule has 114 valence electrons. The van der Waals surface area contributed by atoms with E-state index >= 15 is 0 Å². The molecule has 1 aromatic carbocycles. The van der Waals surface area contributed by atoms with Gasteiger partial charge in [-0.2, -0.15) is 5.10 Å². The molecule has 0 spiro atoms. The minimum absolute atomic E-state index is 0.229. The summed E-state index contributed by atoms with van der Waals surface area (Å²) in [6.45, 7) is 2.46. The second-order valence-corrected chi connectivity index (χ2v) is 5.50. The Labute approximate surface area is 128 Å². The first-order chi connectivity index (χ1) is 10.6. The number of nitrogens with zero attached hydrogens (tertiary/aromatic N) is 3. The van der Waals surface area contributed by atoms with Gasteiger partial charge in [0.2, 0.25) is 0 Å². The van der Waals surface area contributed by atoms with E-state index in [0.29, 0.717) is 18.5 Å². The van der Waals surface area contributed by atoms with E-state index < -0.39 is 12.0 Å². The zero-order valence-electron chi connectivity index (χ0n) is 12.3. The molecule has 1 atom stereocenters. The van der Waals surface area contributed by atoms with E-state index in [-0.39, 0.29) is 5.91 Å². The van der Waals surface area contributed by atoms with E-state index in [9.17, 15) is 9.59 Å². The number of hydrogen-bond donors (Lipinski definition) is 1. The van der Waals surface area contributed by atoms with Crippen molar-refractivity contribution in [3.63, 3.8) is 0 Å². The third kappa shape index (κ3) is 2.59. The number of carboxylic acids is 1. The second-order valence-electron chi connectivity index (χ2n) is 5.50. The lowest BCUT2D eigenvalue weighted by Gasteiger charge is -2.21. The maximum absolute atomic E-state index is 12.5. The highest BCUT2D eigenvalue weighted by molar-refractivity contribution is 5.97. The molecule has 2 aromatic rings. The van der Waals surface area contributed by atoms with Crippen molar-refractivity contribution >= 4 is 11.9 Å². The minimum atomic E-state index is -0.936. The Morgan fingerprint density at radius 2 is 2.00 bits per heavy atom. The first-order valence-electron chi connectivity index (χ1n) is 7.22. The van der Waals surface area contributed by atoms with Crippen LogP contribution in [0.4, 0.5) is 0 Å². The van der Waals surface area contributed by atoms with Crippen molar-refractivity contribution in [3.05, 3.63) is 47.8 Å². The van der Waals surface area contributed by atoms with Gasteiger partial charge in [0.25, 0.3) is 5.91 Å². The molecule has 6 nitrogen and oxygen atoms in total. The molecule has 1 N–H and O–H groups in total. The first kappa shape index (κ1) is 14.3. The predicted molar refractivity (Wildman–Crippen MR) is 80.0 cm³/mol. The van der Waals surface area contributed by atoms with Crippen LogP contribution in [0.25, 0.3) is 5.69 Å². The fourth-order valence-corrected chi connectivity index (χ4v) is 2.74. The molecule has 1 aromatic heterocycles. The van der Waals surface area contributed by atoms with E-state index in [1.54, 1.807) is 23.0 Å². The Hall–Kier alpha value is -2.63. The van der Waals surface area contributed by atoms with Crippen LogP contribution in [-0.4, -0.2) is 44.3 Å². The molecule has 1 saturated heterocycles. The maximum Gasteiger partial charge on any atom is 0.326 e. The lowest BCUT2D eigenvalue weighted by atomic mass is 10.1. The summed E-state index contributed by atoms with van der Waals surface area (Å²) >= 11 is 0. The summed E-state index contributed by atoms with van der Waals surface area (Å²) in [5.74, 6) is -1.16. The van der Waals surface area contributed by atoms with Gasteiger partial charge >= 0.3 is 5.97 Å². The summed E-state index contributed by atoms with van der Waals surface area (Å²) in [4.78, 5) is 25.1. The normalized spacial score (nSPS) is 17.7. The lowest BCUT2D eigenvalue weighted by Crippen LogP contribution is -2.40. The maximum atomic E-state index is 12.5. The van der Waals surface area contributed by atoms with E-state index in [4.69, 9.17) is 5.11 Å². The van der Waals surface area contributed by atoms with Crippen molar-refractivity contribution in [3.8, 4) is 5.69 Å². The predicted octanol–water partition coefficient (Wildman–Crippen LogP) is 1.87. The number of benzene rings is 1. The molecule has 1 fully saturated rings. The van der Waals surface area contributed by atoms with Crippen molar-refractivity contribution in [2.24, 2.45) is 0 Å². The molecule has 1 amide bonds. The van der Waals surface area contributed by atoms with Gasteiger partial charge in [0.05, 0.1) is 11.9 Å². The zero-order chi connectivity index (χ0) is 15.7. The number of aliphatic carboxylic acids is 1. The summed E-state index contributed by atoms with van der Waals surface area (Å²) < 4.78 is 1.74. The second kappa shape index (κ2) is 5.63. The van der Waals surface area contributed by atoms with Crippen molar-refractivity contribution in [1.82, 2.24) is 14.7 Å². The zero-order valence-corrected chi connectivity index (χ0v) is 12.3. The third-order valence-corrected chi connectivity index (χ3v) is 3.89.